The van der Waals surface area contributed by atoms with Gasteiger partial charge in [-0.1, -0.05) is 51.1 Å². The lowest BCUT2D eigenvalue weighted by atomic mass is 9.84. The molecule has 0 saturated heterocycles. The van der Waals surface area contributed by atoms with Gasteiger partial charge in [-0.05, 0) is 35.6 Å². The third-order valence-electron chi connectivity index (χ3n) is 6.57. The van der Waals surface area contributed by atoms with E-state index in [1.807, 2.05) is 12.1 Å². The average molecular weight is 612 g/mol. The van der Waals surface area contributed by atoms with Crippen molar-refractivity contribution in [2.45, 2.75) is 58.3 Å². The molecule has 43 heavy (non-hydrogen) atoms. The molecule has 0 bridgehead atoms. The first kappa shape index (κ1) is 33.6. The van der Waals surface area contributed by atoms with Crippen molar-refractivity contribution in [3.05, 3.63) is 77.8 Å². The molecule has 5 N–H and O–H groups in total. The zero-order valence-electron chi connectivity index (χ0n) is 23.8. The zero-order chi connectivity index (χ0) is 32.1. The van der Waals surface area contributed by atoms with Crippen molar-refractivity contribution < 1.29 is 41.4 Å². The van der Waals surface area contributed by atoms with Crippen LogP contribution < -0.4 is 11.5 Å². The van der Waals surface area contributed by atoms with Crippen molar-refractivity contribution in [2.24, 2.45) is 16.9 Å². The number of aliphatic hydroxyl groups excluding tert-OH is 1. The molecule has 1 heterocycles. The summed E-state index contributed by atoms with van der Waals surface area (Å²) in [6, 6.07) is 10.1. The number of amides is 1. The van der Waals surface area contributed by atoms with Crippen molar-refractivity contribution >= 4 is 11.9 Å². The Kier molecular flexibility index (Phi) is 10.6. The summed E-state index contributed by atoms with van der Waals surface area (Å²) in [6.07, 6.45) is -6.76. The topological polar surface area (TPSA) is 137 Å². The Hall–Kier alpha value is -3.88. The number of hydrogen-bond donors (Lipinski definition) is 3. The van der Waals surface area contributed by atoms with Crippen LogP contribution in [0.15, 0.2) is 54.7 Å². The maximum Gasteiger partial charge on any atom is 0.491 e. The largest absolute Gasteiger partial charge is 0.491 e. The van der Waals surface area contributed by atoms with Crippen LogP contribution in [0.3, 0.4) is 0 Å². The number of rotatable bonds is 11. The summed E-state index contributed by atoms with van der Waals surface area (Å²) in [5.41, 5.74) is 11.3. The number of halogens is 5. The standard InChI is InChI=1S/C29H34F5N5O4/c1-28(2,3)23(39(12-11-19(36)14-35)25(40)26(41)43-27(42)29(32,33)34)24-37-22(20-13-18(30)9-10-21(20)31)16-38(24)15-17-7-5-4-6-8-17/h4-10,13,16,19,23,26,41H,11-12,14-15,35-36H2,1-3H3/t19-,23-,26?/m0/s1. The zero-order valence-corrected chi connectivity index (χ0v) is 23.8. The molecular formula is C29H34F5N5O4. The van der Waals surface area contributed by atoms with Gasteiger partial charge in [0.1, 0.15) is 17.5 Å². The number of hydrogen-bond acceptors (Lipinski definition) is 7. The number of imidazole rings is 1. The Morgan fingerprint density at radius 3 is 2.33 bits per heavy atom. The van der Waals surface area contributed by atoms with Crippen LogP contribution >= 0.6 is 0 Å². The molecule has 0 aliphatic carbocycles. The molecule has 1 amide bonds. The van der Waals surface area contributed by atoms with E-state index in [2.05, 4.69) is 9.72 Å². The minimum atomic E-state index is -5.46. The van der Waals surface area contributed by atoms with E-state index in [-0.39, 0.29) is 43.1 Å². The summed E-state index contributed by atoms with van der Waals surface area (Å²) in [7, 11) is 0. The van der Waals surface area contributed by atoms with Crippen molar-refractivity contribution in [2.75, 3.05) is 13.1 Å². The van der Waals surface area contributed by atoms with E-state index >= 15 is 0 Å². The number of ether oxygens (including phenoxy) is 1. The van der Waals surface area contributed by atoms with Gasteiger partial charge in [0.25, 0.3) is 12.2 Å². The quantitative estimate of drug-likeness (QED) is 0.170. The molecule has 234 valence electrons. The second-order valence-electron chi connectivity index (χ2n) is 11.1. The third kappa shape index (κ3) is 8.58. The molecule has 1 unspecified atom stereocenters. The van der Waals surface area contributed by atoms with Crippen LogP contribution in [0.2, 0.25) is 0 Å². The van der Waals surface area contributed by atoms with Gasteiger partial charge in [0, 0.05) is 37.4 Å². The lowest BCUT2D eigenvalue weighted by Gasteiger charge is -2.41. The van der Waals surface area contributed by atoms with Gasteiger partial charge < -0.3 is 30.8 Å². The van der Waals surface area contributed by atoms with Gasteiger partial charge in [-0.15, -0.1) is 0 Å². The molecule has 14 heteroatoms. The van der Waals surface area contributed by atoms with Crippen LogP contribution in [0.5, 0.6) is 0 Å². The molecule has 0 radical (unpaired) electrons. The number of esters is 1. The van der Waals surface area contributed by atoms with Crippen molar-refractivity contribution in [3.8, 4) is 11.3 Å². The summed E-state index contributed by atoms with van der Waals surface area (Å²) >= 11 is 0. The molecule has 3 rings (SSSR count). The number of carbonyl (C=O) groups excluding carboxylic acids is 2. The summed E-state index contributed by atoms with van der Waals surface area (Å²) in [4.78, 5) is 30.6. The first-order valence-corrected chi connectivity index (χ1v) is 13.3. The molecule has 3 atom stereocenters. The number of benzene rings is 2. The number of carbonyl (C=O) groups is 2. The predicted molar refractivity (Wildman–Crippen MR) is 147 cm³/mol. The third-order valence-corrected chi connectivity index (χ3v) is 6.57. The van der Waals surface area contributed by atoms with E-state index < -0.39 is 53.5 Å². The van der Waals surface area contributed by atoms with E-state index in [1.54, 1.807) is 43.5 Å². The lowest BCUT2D eigenvalue weighted by Crippen LogP contribution is -2.50. The fraction of sp³-hybridized carbons (Fsp3) is 0.414. The smallest absolute Gasteiger partial charge is 0.419 e. The molecule has 0 spiro atoms. The van der Waals surface area contributed by atoms with Crippen molar-refractivity contribution in [1.29, 1.82) is 0 Å². The lowest BCUT2D eigenvalue weighted by molar-refractivity contribution is -0.222. The van der Waals surface area contributed by atoms with Crippen LogP contribution in [-0.4, -0.2) is 63.0 Å². The Bertz CT molecular complexity index is 1410. The highest BCUT2D eigenvalue weighted by Crippen LogP contribution is 2.40. The van der Waals surface area contributed by atoms with E-state index in [0.29, 0.717) is 0 Å². The van der Waals surface area contributed by atoms with E-state index in [0.717, 1.165) is 28.7 Å². The van der Waals surface area contributed by atoms with Crippen LogP contribution in [-0.2, 0) is 20.9 Å². The Morgan fingerprint density at radius 1 is 1.09 bits per heavy atom. The minimum absolute atomic E-state index is 0.0134. The number of aromatic nitrogens is 2. The molecule has 0 saturated carbocycles. The first-order chi connectivity index (χ1) is 20.0. The SMILES string of the molecule is CC(C)(C)[C@H](c1nc(-c2cc(F)ccc2F)cn1Cc1ccccc1)N(CC[C@H](N)CN)C(=O)C(O)OC(=O)C(F)(F)F. The normalized spacial score (nSPS) is 14.2. The van der Waals surface area contributed by atoms with Gasteiger partial charge in [-0.25, -0.2) is 18.6 Å². The van der Waals surface area contributed by atoms with Crippen LogP contribution in [0.4, 0.5) is 22.0 Å². The van der Waals surface area contributed by atoms with E-state index in [9.17, 15) is 36.6 Å². The van der Waals surface area contributed by atoms with Gasteiger partial charge in [-0.3, -0.25) is 4.79 Å². The minimum Gasteiger partial charge on any atom is -0.419 e. The molecule has 3 aromatic rings. The van der Waals surface area contributed by atoms with Crippen LogP contribution in [0, 0.1) is 17.0 Å². The molecule has 9 nitrogen and oxygen atoms in total. The molecule has 2 aromatic carbocycles. The number of nitrogens with zero attached hydrogens (tertiary/aromatic N) is 3. The highest BCUT2D eigenvalue weighted by Gasteiger charge is 2.46. The molecular weight excluding hydrogens is 577 g/mol. The maximum atomic E-state index is 14.8. The molecule has 0 fully saturated rings. The molecule has 1 aromatic heterocycles. The summed E-state index contributed by atoms with van der Waals surface area (Å²) in [5, 5.41) is 10.4. The number of aliphatic hydroxyl groups is 1. The summed E-state index contributed by atoms with van der Waals surface area (Å²) in [6.45, 7) is 5.06. The van der Waals surface area contributed by atoms with Crippen molar-refractivity contribution in [1.82, 2.24) is 14.5 Å². The summed E-state index contributed by atoms with van der Waals surface area (Å²) < 4.78 is 73.2. The maximum absolute atomic E-state index is 14.8. The van der Waals surface area contributed by atoms with Gasteiger partial charge in [-0.2, -0.15) is 13.2 Å². The average Bonchev–Trinajstić information content (AvgIpc) is 3.33. The van der Waals surface area contributed by atoms with Gasteiger partial charge in [0.2, 0.25) is 0 Å². The van der Waals surface area contributed by atoms with Gasteiger partial charge >= 0.3 is 12.1 Å². The first-order valence-electron chi connectivity index (χ1n) is 13.3. The second kappa shape index (κ2) is 13.6. The molecule has 0 aliphatic heterocycles. The van der Waals surface area contributed by atoms with Gasteiger partial charge in [0.15, 0.2) is 0 Å². The van der Waals surface area contributed by atoms with Gasteiger partial charge in [0.05, 0.1) is 11.7 Å². The predicted octanol–water partition coefficient (Wildman–Crippen LogP) is 3.89. The van der Waals surface area contributed by atoms with E-state index in [1.165, 1.54) is 6.20 Å². The number of nitrogens with two attached hydrogens (primary N) is 2. The summed E-state index contributed by atoms with van der Waals surface area (Å²) in [5.74, 6) is -5.46. The highest BCUT2D eigenvalue weighted by molar-refractivity contribution is 5.84. The van der Waals surface area contributed by atoms with Crippen LogP contribution in [0.1, 0.15) is 44.6 Å². The number of alkyl halides is 3. The highest BCUT2D eigenvalue weighted by atomic mass is 19.4. The fourth-order valence-corrected chi connectivity index (χ4v) is 4.52. The van der Waals surface area contributed by atoms with E-state index in [4.69, 9.17) is 11.5 Å². The second-order valence-corrected chi connectivity index (χ2v) is 11.1. The van der Waals surface area contributed by atoms with Crippen molar-refractivity contribution in [3.63, 3.8) is 0 Å². The Morgan fingerprint density at radius 2 is 1.74 bits per heavy atom. The molecule has 0 aliphatic rings. The Balaban J connectivity index is 2.20. The Labute approximate surface area is 245 Å². The fourth-order valence-electron chi connectivity index (χ4n) is 4.52. The monoisotopic (exact) mass is 611 g/mol. The van der Waals surface area contributed by atoms with Crippen LogP contribution in [0.25, 0.3) is 11.3 Å².